The van der Waals surface area contributed by atoms with Crippen molar-refractivity contribution >= 4 is 38.5 Å². The quantitative estimate of drug-likeness (QED) is 0.689. The van der Waals surface area contributed by atoms with Crippen LogP contribution in [0.4, 0.5) is 0 Å². The lowest BCUT2D eigenvalue weighted by Crippen LogP contribution is -2.22. The van der Waals surface area contributed by atoms with E-state index in [0.717, 1.165) is 4.70 Å². The van der Waals surface area contributed by atoms with Crippen LogP contribution in [0.1, 0.15) is 9.67 Å². The van der Waals surface area contributed by atoms with E-state index in [1.807, 2.05) is 22.9 Å². The molecule has 3 aromatic heterocycles. The summed E-state index contributed by atoms with van der Waals surface area (Å²) in [5, 5.41) is 4.43. The summed E-state index contributed by atoms with van der Waals surface area (Å²) in [6, 6.07) is 7.29. The topological polar surface area (TPSA) is 39.1 Å². The van der Waals surface area contributed by atoms with Crippen molar-refractivity contribution in [1.82, 2.24) is 4.57 Å². The molecule has 18 heavy (non-hydrogen) atoms. The van der Waals surface area contributed by atoms with Crippen LogP contribution in [0.25, 0.3) is 10.1 Å². The zero-order chi connectivity index (χ0) is 12.5. The van der Waals surface area contributed by atoms with Crippen LogP contribution in [0.2, 0.25) is 0 Å². The van der Waals surface area contributed by atoms with E-state index in [2.05, 4.69) is 0 Å². The van der Waals surface area contributed by atoms with Crippen LogP contribution in [0.3, 0.4) is 0 Å². The Bertz CT molecular complexity index is 753. The summed E-state index contributed by atoms with van der Waals surface area (Å²) in [5.74, 6) is -0.0262. The second kappa shape index (κ2) is 4.51. The highest BCUT2D eigenvalue weighted by Crippen LogP contribution is 2.16. The van der Waals surface area contributed by atoms with Crippen LogP contribution in [0.15, 0.2) is 46.0 Å². The molecule has 0 saturated carbocycles. The van der Waals surface area contributed by atoms with Crippen molar-refractivity contribution in [3.63, 3.8) is 0 Å². The van der Waals surface area contributed by atoms with E-state index in [-0.39, 0.29) is 17.9 Å². The van der Waals surface area contributed by atoms with Crippen LogP contribution in [-0.4, -0.2) is 10.4 Å². The van der Waals surface area contributed by atoms with Crippen molar-refractivity contribution in [3.8, 4) is 0 Å². The number of carbonyl (C=O) groups excluding carboxylic acids is 1. The predicted octanol–water partition coefficient (Wildman–Crippen LogP) is 3.01. The molecule has 5 heteroatoms. The Balaban J connectivity index is 1.98. The van der Waals surface area contributed by atoms with Gasteiger partial charge in [0.1, 0.15) is 0 Å². The van der Waals surface area contributed by atoms with Crippen molar-refractivity contribution in [2.24, 2.45) is 0 Å². The Morgan fingerprint density at radius 1 is 1.17 bits per heavy atom. The Hall–Kier alpha value is -1.72. The molecule has 0 bridgehead atoms. The zero-order valence-corrected chi connectivity index (χ0v) is 11.0. The number of Topliss-reactive ketones (excluding diaryl/α,β-unsaturated/α-hetero) is 1. The fourth-order valence-corrected chi connectivity index (χ4v) is 3.23. The summed E-state index contributed by atoms with van der Waals surface area (Å²) in [6.07, 6.45) is 1.69. The molecule has 0 amide bonds. The highest BCUT2D eigenvalue weighted by atomic mass is 32.1. The van der Waals surface area contributed by atoms with Crippen LogP contribution in [-0.2, 0) is 6.54 Å². The third kappa shape index (κ3) is 1.91. The molecule has 0 saturated heterocycles. The number of pyridine rings is 1. The molecule has 0 fully saturated rings. The van der Waals surface area contributed by atoms with E-state index in [1.165, 1.54) is 27.2 Å². The molecule has 0 N–H and O–H groups in total. The molecule has 0 aromatic carbocycles. The maximum Gasteiger partial charge on any atom is 0.259 e. The zero-order valence-electron chi connectivity index (χ0n) is 9.33. The van der Waals surface area contributed by atoms with Crippen LogP contribution >= 0.6 is 22.7 Å². The lowest BCUT2D eigenvalue weighted by molar-refractivity contribution is 0.0975. The minimum absolute atomic E-state index is 0.0262. The first kappa shape index (κ1) is 11.4. The molecule has 3 nitrogen and oxygen atoms in total. The molecule has 0 unspecified atom stereocenters. The first-order valence-corrected chi connectivity index (χ1v) is 7.15. The number of hydrogen-bond donors (Lipinski definition) is 0. The summed E-state index contributed by atoms with van der Waals surface area (Å²) in [4.78, 5) is 24.8. The average molecular weight is 275 g/mol. The Morgan fingerprint density at radius 3 is 2.83 bits per heavy atom. The molecule has 0 spiro atoms. The van der Waals surface area contributed by atoms with E-state index in [0.29, 0.717) is 10.3 Å². The van der Waals surface area contributed by atoms with Crippen LogP contribution in [0.5, 0.6) is 0 Å². The number of aromatic nitrogens is 1. The molecule has 90 valence electrons. The maximum absolute atomic E-state index is 12.1. The molecule has 0 aliphatic carbocycles. The van der Waals surface area contributed by atoms with E-state index < -0.39 is 0 Å². The molecule has 0 radical (unpaired) electrons. The van der Waals surface area contributed by atoms with Gasteiger partial charge in [-0.3, -0.25) is 9.59 Å². The molecule has 0 aliphatic rings. The Morgan fingerprint density at radius 2 is 2.06 bits per heavy atom. The molecular formula is C13H9NO2S2. The minimum Gasteiger partial charge on any atom is -0.307 e. The summed E-state index contributed by atoms with van der Waals surface area (Å²) >= 11 is 2.93. The predicted molar refractivity (Wildman–Crippen MR) is 74.7 cm³/mol. The number of rotatable bonds is 3. The Labute approximate surface area is 111 Å². The van der Waals surface area contributed by atoms with Crippen LogP contribution < -0.4 is 5.56 Å². The van der Waals surface area contributed by atoms with Gasteiger partial charge in [0.25, 0.3) is 5.56 Å². The minimum atomic E-state index is -0.0985. The van der Waals surface area contributed by atoms with Crippen LogP contribution in [0, 0.1) is 0 Å². The summed E-state index contributed by atoms with van der Waals surface area (Å²) in [5.41, 5.74) is -0.0985. The maximum atomic E-state index is 12.1. The molecule has 3 rings (SSSR count). The van der Waals surface area contributed by atoms with E-state index in [9.17, 15) is 9.59 Å². The van der Waals surface area contributed by atoms with Gasteiger partial charge in [-0.2, -0.15) is 0 Å². The van der Waals surface area contributed by atoms with Crippen molar-refractivity contribution in [2.75, 3.05) is 0 Å². The van der Waals surface area contributed by atoms with Gasteiger partial charge in [-0.25, -0.2) is 0 Å². The first-order valence-electron chi connectivity index (χ1n) is 5.39. The molecular weight excluding hydrogens is 266 g/mol. The van der Waals surface area contributed by atoms with Crippen molar-refractivity contribution < 1.29 is 4.79 Å². The van der Waals surface area contributed by atoms with Gasteiger partial charge in [0.15, 0.2) is 5.78 Å². The van der Waals surface area contributed by atoms with Gasteiger partial charge < -0.3 is 4.57 Å². The number of fused-ring (bicyclic) bond motifs is 1. The number of ketones is 1. The molecule has 3 heterocycles. The largest absolute Gasteiger partial charge is 0.307 e. The number of carbonyl (C=O) groups is 1. The fraction of sp³-hybridized carbons (Fsp3) is 0.0769. The van der Waals surface area contributed by atoms with E-state index >= 15 is 0 Å². The van der Waals surface area contributed by atoms with Gasteiger partial charge in [0.2, 0.25) is 0 Å². The van der Waals surface area contributed by atoms with Gasteiger partial charge in [0.05, 0.1) is 16.8 Å². The van der Waals surface area contributed by atoms with Crippen molar-refractivity contribution in [3.05, 3.63) is 56.5 Å². The van der Waals surface area contributed by atoms with E-state index in [4.69, 9.17) is 0 Å². The van der Waals surface area contributed by atoms with Gasteiger partial charge >= 0.3 is 0 Å². The van der Waals surface area contributed by atoms with Gasteiger partial charge in [-0.15, -0.1) is 22.7 Å². The van der Waals surface area contributed by atoms with Gasteiger partial charge in [-0.1, -0.05) is 6.07 Å². The molecule has 3 aromatic rings. The molecule has 0 atom stereocenters. The molecule has 0 aliphatic heterocycles. The summed E-state index contributed by atoms with van der Waals surface area (Å²) in [7, 11) is 0. The number of hydrogen-bond acceptors (Lipinski definition) is 4. The van der Waals surface area contributed by atoms with Crippen molar-refractivity contribution in [1.29, 1.82) is 0 Å². The number of thiophene rings is 2. The third-order valence-corrected chi connectivity index (χ3v) is 4.50. The second-order valence-corrected chi connectivity index (χ2v) is 5.74. The normalized spacial score (nSPS) is 10.9. The smallest absolute Gasteiger partial charge is 0.259 e. The lowest BCUT2D eigenvalue weighted by atomic mass is 10.3. The fourth-order valence-electron chi connectivity index (χ4n) is 1.80. The van der Waals surface area contributed by atoms with Gasteiger partial charge in [-0.05, 0) is 29.0 Å². The first-order chi connectivity index (χ1) is 8.75. The number of nitrogens with zero attached hydrogens (tertiary/aromatic N) is 1. The second-order valence-electron chi connectivity index (χ2n) is 3.85. The lowest BCUT2D eigenvalue weighted by Gasteiger charge is -2.03. The van der Waals surface area contributed by atoms with Gasteiger partial charge in [0, 0.05) is 10.9 Å². The van der Waals surface area contributed by atoms with E-state index in [1.54, 1.807) is 18.3 Å². The monoisotopic (exact) mass is 275 g/mol. The Kier molecular flexibility index (Phi) is 2.85. The highest BCUT2D eigenvalue weighted by Gasteiger charge is 2.10. The standard InChI is InChI=1S/C13H9NO2S2/c15-10(12-2-1-6-17-12)8-14-5-3-11-9(13(14)16)4-7-18-11/h1-7H,8H2. The summed E-state index contributed by atoms with van der Waals surface area (Å²) < 4.78 is 2.43. The highest BCUT2D eigenvalue weighted by molar-refractivity contribution is 7.17. The summed E-state index contributed by atoms with van der Waals surface area (Å²) in [6.45, 7) is 0.102. The SMILES string of the molecule is O=C(Cn1ccc2sccc2c1=O)c1cccs1. The third-order valence-electron chi connectivity index (χ3n) is 2.70. The average Bonchev–Trinajstić information content (AvgIpc) is 3.02. The van der Waals surface area contributed by atoms with Crippen molar-refractivity contribution in [2.45, 2.75) is 6.54 Å².